The van der Waals surface area contributed by atoms with Gasteiger partial charge in [0.15, 0.2) is 5.82 Å². The van der Waals surface area contributed by atoms with Crippen LogP contribution in [0.15, 0.2) is 34.4 Å². The molecule has 0 atom stereocenters. The quantitative estimate of drug-likeness (QED) is 0.795. The van der Waals surface area contributed by atoms with Crippen molar-refractivity contribution < 1.29 is 9.32 Å². The number of carbonyl (C=O) groups is 1. The third-order valence-electron chi connectivity index (χ3n) is 1.42. The molecule has 0 fully saturated rings. The molecule has 66 valence electrons. The first-order valence-corrected chi connectivity index (χ1v) is 4.49. The highest BCUT2D eigenvalue weighted by Gasteiger charge is 2.07. The lowest BCUT2D eigenvalue weighted by molar-refractivity contribution is 0.102. The van der Waals surface area contributed by atoms with Gasteiger partial charge in [0.25, 0.3) is 5.91 Å². The monoisotopic (exact) mass is 194 g/mol. The van der Waals surface area contributed by atoms with Gasteiger partial charge in [0.1, 0.15) is 6.26 Å². The fourth-order valence-corrected chi connectivity index (χ4v) is 1.48. The summed E-state index contributed by atoms with van der Waals surface area (Å²) in [5, 5.41) is 8.00. The number of thiophene rings is 1. The lowest BCUT2D eigenvalue weighted by Gasteiger charge is -1.95. The van der Waals surface area contributed by atoms with Gasteiger partial charge >= 0.3 is 0 Å². The van der Waals surface area contributed by atoms with Crippen LogP contribution in [0.1, 0.15) is 9.67 Å². The second kappa shape index (κ2) is 3.40. The van der Waals surface area contributed by atoms with Crippen molar-refractivity contribution in [2.45, 2.75) is 0 Å². The molecule has 1 N–H and O–H groups in total. The highest BCUT2D eigenvalue weighted by atomic mass is 32.1. The van der Waals surface area contributed by atoms with Crippen LogP contribution in [0.3, 0.4) is 0 Å². The topological polar surface area (TPSA) is 55.1 Å². The Hall–Kier alpha value is -1.62. The summed E-state index contributed by atoms with van der Waals surface area (Å²) in [6, 6.07) is 5.16. The molecule has 0 aliphatic heterocycles. The van der Waals surface area contributed by atoms with Gasteiger partial charge in [-0.3, -0.25) is 4.79 Å². The van der Waals surface area contributed by atoms with Gasteiger partial charge in [0.05, 0.1) is 4.88 Å². The van der Waals surface area contributed by atoms with Crippen molar-refractivity contribution in [2.75, 3.05) is 5.32 Å². The van der Waals surface area contributed by atoms with Crippen molar-refractivity contribution in [3.63, 3.8) is 0 Å². The van der Waals surface area contributed by atoms with Gasteiger partial charge in [0, 0.05) is 6.07 Å². The number of nitrogens with zero attached hydrogens (tertiary/aromatic N) is 1. The maximum atomic E-state index is 11.4. The zero-order valence-electron chi connectivity index (χ0n) is 6.56. The fraction of sp³-hybridized carbons (Fsp3) is 0. The maximum Gasteiger partial charge on any atom is 0.266 e. The van der Waals surface area contributed by atoms with E-state index < -0.39 is 0 Å². The third kappa shape index (κ3) is 1.75. The normalized spacial score (nSPS) is 9.85. The largest absolute Gasteiger partial charge is 0.363 e. The molecular formula is C8H6N2O2S. The molecule has 5 heteroatoms. The van der Waals surface area contributed by atoms with Crippen LogP contribution in [-0.4, -0.2) is 11.1 Å². The van der Waals surface area contributed by atoms with Crippen LogP contribution >= 0.6 is 11.3 Å². The second-order valence-electron chi connectivity index (χ2n) is 2.32. The first-order valence-electron chi connectivity index (χ1n) is 3.61. The number of rotatable bonds is 2. The lowest BCUT2D eigenvalue weighted by Crippen LogP contribution is -2.09. The third-order valence-corrected chi connectivity index (χ3v) is 2.29. The van der Waals surface area contributed by atoms with E-state index in [1.807, 2.05) is 11.4 Å². The SMILES string of the molecule is O=C(Nc1ccon1)c1cccs1. The summed E-state index contributed by atoms with van der Waals surface area (Å²) < 4.78 is 4.57. The van der Waals surface area contributed by atoms with Crippen molar-refractivity contribution >= 4 is 23.1 Å². The molecular weight excluding hydrogens is 188 g/mol. The van der Waals surface area contributed by atoms with E-state index in [1.54, 1.807) is 12.1 Å². The summed E-state index contributed by atoms with van der Waals surface area (Å²) in [5.41, 5.74) is 0. The van der Waals surface area contributed by atoms with E-state index in [4.69, 9.17) is 0 Å². The molecule has 0 aliphatic rings. The Morgan fingerprint density at radius 2 is 2.46 bits per heavy atom. The van der Waals surface area contributed by atoms with Gasteiger partial charge < -0.3 is 9.84 Å². The Kier molecular flexibility index (Phi) is 2.09. The zero-order chi connectivity index (χ0) is 9.10. The minimum atomic E-state index is -0.163. The number of amides is 1. The molecule has 0 bridgehead atoms. The van der Waals surface area contributed by atoms with E-state index in [0.29, 0.717) is 10.7 Å². The van der Waals surface area contributed by atoms with Crippen LogP contribution in [0, 0.1) is 0 Å². The second-order valence-corrected chi connectivity index (χ2v) is 3.26. The molecule has 0 radical (unpaired) electrons. The summed E-state index contributed by atoms with van der Waals surface area (Å²) in [7, 11) is 0. The van der Waals surface area contributed by atoms with Gasteiger partial charge in [-0.05, 0) is 11.4 Å². The van der Waals surface area contributed by atoms with Crippen LogP contribution in [-0.2, 0) is 0 Å². The summed E-state index contributed by atoms with van der Waals surface area (Å²) in [6.07, 6.45) is 1.41. The summed E-state index contributed by atoms with van der Waals surface area (Å²) in [4.78, 5) is 12.0. The predicted octanol–water partition coefficient (Wildman–Crippen LogP) is 1.99. The lowest BCUT2D eigenvalue weighted by atomic mass is 10.4. The molecule has 0 spiro atoms. The summed E-state index contributed by atoms with van der Waals surface area (Å²) >= 11 is 1.38. The van der Waals surface area contributed by atoms with Crippen molar-refractivity contribution in [1.29, 1.82) is 0 Å². The Bertz CT molecular complexity index is 380. The molecule has 0 saturated heterocycles. The van der Waals surface area contributed by atoms with Crippen LogP contribution in [0.5, 0.6) is 0 Å². The Morgan fingerprint density at radius 3 is 3.08 bits per heavy atom. The minimum absolute atomic E-state index is 0.163. The van der Waals surface area contributed by atoms with E-state index in [2.05, 4.69) is 15.0 Å². The van der Waals surface area contributed by atoms with E-state index in [9.17, 15) is 4.79 Å². The van der Waals surface area contributed by atoms with Crippen molar-refractivity contribution in [1.82, 2.24) is 5.16 Å². The van der Waals surface area contributed by atoms with E-state index in [-0.39, 0.29) is 5.91 Å². The Balaban J connectivity index is 2.08. The summed E-state index contributed by atoms with van der Waals surface area (Å²) in [6.45, 7) is 0. The van der Waals surface area contributed by atoms with Crippen LogP contribution < -0.4 is 5.32 Å². The molecule has 4 nitrogen and oxygen atoms in total. The zero-order valence-corrected chi connectivity index (χ0v) is 7.38. The smallest absolute Gasteiger partial charge is 0.266 e. The van der Waals surface area contributed by atoms with E-state index in [0.717, 1.165) is 0 Å². The van der Waals surface area contributed by atoms with Crippen LogP contribution in [0.25, 0.3) is 0 Å². The first kappa shape index (κ1) is 8.00. The van der Waals surface area contributed by atoms with Gasteiger partial charge in [-0.15, -0.1) is 11.3 Å². The number of anilines is 1. The highest BCUT2D eigenvalue weighted by Crippen LogP contribution is 2.11. The minimum Gasteiger partial charge on any atom is -0.363 e. The molecule has 0 saturated carbocycles. The Morgan fingerprint density at radius 1 is 1.54 bits per heavy atom. The maximum absolute atomic E-state index is 11.4. The number of hydrogen-bond donors (Lipinski definition) is 1. The number of aromatic nitrogens is 1. The van der Waals surface area contributed by atoms with Crippen molar-refractivity contribution in [3.8, 4) is 0 Å². The average molecular weight is 194 g/mol. The number of nitrogens with one attached hydrogen (secondary N) is 1. The molecule has 2 aromatic heterocycles. The van der Waals surface area contributed by atoms with Crippen molar-refractivity contribution in [3.05, 3.63) is 34.7 Å². The molecule has 2 heterocycles. The molecule has 2 aromatic rings. The van der Waals surface area contributed by atoms with Crippen LogP contribution in [0.4, 0.5) is 5.82 Å². The molecule has 13 heavy (non-hydrogen) atoms. The first-order chi connectivity index (χ1) is 6.36. The molecule has 0 unspecified atom stereocenters. The summed E-state index contributed by atoms with van der Waals surface area (Å²) in [5.74, 6) is 0.266. The Labute approximate surface area is 78.2 Å². The van der Waals surface area contributed by atoms with Crippen LogP contribution in [0.2, 0.25) is 0 Å². The van der Waals surface area contributed by atoms with Gasteiger partial charge in [-0.2, -0.15) is 0 Å². The molecule has 2 rings (SSSR count). The van der Waals surface area contributed by atoms with E-state index in [1.165, 1.54) is 17.6 Å². The molecule has 0 aliphatic carbocycles. The predicted molar refractivity (Wildman–Crippen MR) is 48.8 cm³/mol. The fourth-order valence-electron chi connectivity index (χ4n) is 0.863. The average Bonchev–Trinajstić information content (AvgIpc) is 2.74. The van der Waals surface area contributed by atoms with Crippen molar-refractivity contribution in [2.24, 2.45) is 0 Å². The van der Waals surface area contributed by atoms with Gasteiger partial charge in [-0.25, -0.2) is 0 Å². The highest BCUT2D eigenvalue weighted by molar-refractivity contribution is 7.12. The van der Waals surface area contributed by atoms with Gasteiger partial charge in [0.2, 0.25) is 0 Å². The number of hydrogen-bond acceptors (Lipinski definition) is 4. The number of carbonyl (C=O) groups excluding carboxylic acids is 1. The standard InChI is InChI=1S/C8H6N2O2S/c11-8(6-2-1-5-13-6)9-7-3-4-12-10-7/h1-5H,(H,9,10,11). The molecule has 1 amide bonds. The van der Waals surface area contributed by atoms with E-state index >= 15 is 0 Å². The molecule has 0 aromatic carbocycles. The van der Waals surface area contributed by atoms with Gasteiger partial charge in [-0.1, -0.05) is 11.2 Å².